The second kappa shape index (κ2) is 4.64. The Bertz CT molecular complexity index is 584. The van der Waals surface area contributed by atoms with Crippen LogP contribution in [-0.4, -0.2) is 5.11 Å². The van der Waals surface area contributed by atoms with Crippen LogP contribution in [0.25, 0.3) is 0 Å². The number of hydrogen-bond acceptors (Lipinski definition) is 3. The zero-order valence-corrected chi connectivity index (χ0v) is 11.7. The lowest BCUT2D eigenvalue weighted by atomic mass is 9.98. The van der Waals surface area contributed by atoms with Crippen molar-refractivity contribution in [1.29, 1.82) is 0 Å². The molecule has 2 atom stereocenters. The van der Waals surface area contributed by atoms with E-state index in [0.29, 0.717) is 17.7 Å². The molecule has 94 valence electrons. The second-order valence-corrected chi connectivity index (χ2v) is 6.68. The molecule has 5 heteroatoms. The Morgan fingerprint density at radius 1 is 1.33 bits per heavy atom. The van der Waals surface area contributed by atoms with Gasteiger partial charge in [-0.2, -0.15) is 0 Å². The van der Waals surface area contributed by atoms with Crippen molar-refractivity contribution in [2.45, 2.75) is 18.6 Å². The SMILES string of the molecule is O[C@H]1CC(c2ccc(Br)s2)Oc2ccc(F)cc21. The van der Waals surface area contributed by atoms with E-state index < -0.39 is 6.10 Å². The van der Waals surface area contributed by atoms with Gasteiger partial charge >= 0.3 is 0 Å². The first-order chi connectivity index (χ1) is 8.63. The van der Waals surface area contributed by atoms with Gasteiger partial charge in [-0.05, 0) is 46.3 Å². The standard InChI is InChI=1S/C13H10BrFO2S/c14-13-4-3-12(18-13)11-6-9(16)8-5-7(15)1-2-10(8)17-11/h1-5,9,11,16H,6H2/t9-,11?/m0/s1. The van der Waals surface area contributed by atoms with Gasteiger partial charge in [-0.15, -0.1) is 11.3 Å². The van der Waals surface area contributed by atoms with Crippen LogP contribution < -0.4 is 4.74 Å². The van der Waals surface area contributed by atoms with Crippen LogP contribution in [0.4, 0.5) is 4.39 Å². The maximum absolute atomic E-state index is 13.1. The summed E-state index contributed by atoms with van der Waals surface area (Å²) in [5.41, 5.74) is 0.530. The number of aliphatic hydroxyl groups is 1. The fourth-order valence-electron chi connectivity index (χ4n) is 2.09. The van der Waals surface area contributed by atoms with Crippen molar-refractivity contribution in [1.82, 2.24) is 0 Å². The molecule has 1 aliphatic rings. The molecule has 1 unspecified atom stereocenters. The third-order valence-corrected chi connectivity index (χ3v) is 4.66. The molecule has 0 saturated carbocycles. The van der Waals surface area contributed by atoms with Crippen LogP contribution in [0.5, 0.6) is 5.75 Å². The summed E-state index contributed by atoms with van der Waals surface area (Å²) < 4.78 is 20.0. The fourth-order valence-corrected chi connectivity index (χ4v) is 3.56. The number of fused-ring (bicyclic) bond motifs is 1. The van der Waals surface area contributed by atoms with E-state index in [2.05, 4.69) is 15.9 Å². The van der Waals surface area contributed by atoms with Crippen LogP contribution in [-0.2, 0) is 0 Å². The van der Waals surface area contributed by atoms with Crippen LogP contribution in [0.15, 0.2) is 34.1 Å². The van der Waals surface area contributed by atoms with Gasteiger partial charge in [0.2, 0.25) is 0 Å². The lowest BCUT2D eigenvalue weighted by Gasteiger charge is -2.29. The van der Waals surface area contributed by atoms with Gasteiger partial charge in [0.1, 0.15) is 17.7 Å². The summed E-state index contributed by atoms with van der Waals surface area (Å²) in [7, 11) is 0. The summed E-state index contributed by atoms with van der Waals surface area (Å²) in [6.45, 7) is 0. The van der Waals surface area contributed by atoms with Crippen LogP contribution >= 0.6 is 27.3 Å². The molecule has 0 bridgehead atoms. The van der Waals surface area contributed by atoms with E-state index >= 15 is 0 Å². The van der Waals surface area contributed by atoms with Crippen LogP contribution in [0.2, 0.25) is 0 Å². The second-order valence-electron chi connectivity index (χ2n) is 4.18. The molecule has 1 aliphatic heterocycles. The molecule has 0 fully saturated rings. The summed E-state index contributed by atoms with van der Waals surface area (Å²) >= 11 is 4.99. The van der Waals surface area contributed by atoms with E-state index in [0.717, 1.165) is 8.66 Å². The topological polar surface area (TPSA) is 29.5 Å². The first kappa shape index (κ1) is 12.1. The summed E-state index contributed by atoms with van der Waals surface area (Å²) in [4.78, 5) is 1.05. The molecule has 1 aromatic carbocycles. The van der Waals surface area contributed by atoms with Crippen LogP contribution in [0.3, 0.4) is 0 Å². The highest BCUT2D eigenvalue weighted by Gasteiger charge is 2.29. The first-order valence-electron chi connectivity index (χ1n) is 5.53. The molecule has 0 amide bonds. The maximum Gasteiger partial charge on any atom is 0.136 e. The van der Waals surface area contributed by atoms with Gasteiger partial charge in [-0.1, -0.05) is 0 Å². The van der Waals surface area contributed by atoms with Crippen LogP contribution in [0.1, 0.15) is 29.1 Å². The summed E-state index contributed by atoms with van der Waals surface area (Å²) in [5, 5.41) is 10.1. The Hall–Kier alpha value is -0.910. The average molecular weight is 329 g/mol. The average Bonchev–Trinajstić information content (AvgIpc) is 2.77. The van der Waals surface area contributed by atoms with E-state index in [1.54, 1.807) is 17.4 Å². The minimum atomic E-state index is -0.685. The normalized spacial score (nSPS) is 22.4. The molecule has 1 N–H and O–H groups in total. The molecular formula is C13H10BrFO2S. The molecular weight excluding hydrogens is 319 g/mol. The molecule has 0 spiro atoms. The number of halogens is 2. The van der Waals surface area contributed by atoms with Gasteiger partial charge in [0.15, 0.2) is 0 Å². The number of benzene rings is 1. The largest absolute Gasteiger partial charge is 0.484 e. The molecule has 18 heavy (non-hydrogen) atoms. The zero-order valence-electron chi connectivity index (χ0n) is 9.27. The summed E-state index contributed by atoms with van der Waals surface area (Å²) in [6.07, 6.45) is -0.409. The molecule has 0 radical (unpaired) electrons. The number of hydrogen-bond donors (Lipinski definition) is 1. The van der Waals surface area contributed by atoms with Crippen LogP contribution in [0, 0.1) is 5.82 Å². The highest BCUT2D eigenvalue weighted by Crippen LogP contribution is 2.43. The molecule has 1 aromatic heterocycles. The van der Waals surface area contributed by atoms with Crippen molar-refractivity contribution in [3.8, 4) is 5.75 Å². The van der Waals surface area contributed by atoms with E-state index in [-0.39, 0.29) is 11.9 Å². The highest BCUT2D eigenvalue weighted by atomic mass is 79.9. The van der Waals surface area contributed by atoms with Gasteiger partial charge in [-0.25, -0.2) is 4.39 Å². The predicted molar refractivity (Wildman–Crippen MR) is 71.4 cm³/mol. The van der Waals surface area contributed by atoms with Crippen molar-refractivity contribution in [3.63, 3.8) is 0 Å². The van der Waals surface area contributed by atoms with Gasteiger partial charge in [0.25, 0.3) is 0 Å². The van der Waals surface area contributed by atoms with Crippen molar-refractivity contribution in [3.05, 3.63) is 50.4 Å². The Morgan fingerprint density at radius 3 is 2.89 bits per heavy atom. The monoisotopic (exact) mass is 328 g/mol. The lowest BCUT2D eigenvalue weighted by Crippen LogP contribution is -2.18. The molecule has 0 aliphatic carbocycles. The van der Waals surface area contributed by atoms with Gasteiger partial charge < -0.3 is 9.84 Å². The minimum Gasteiger partial charge on any atom is -0.484 e. The minimum absolute atomic E-state index is 0.172. The van der Waals surface area contributed by atoms with Gasteiger partial charge in [0.05, 0.1) is 9.89 Å². The van der Waals surface area contributed by atoms with E-state index in [1.807, 2.05) is 12.1 Å². The molecule has 2 aromatic rings. The number of thiophene rings is 1. The Kier molecular flexibility index (Phi) is 3.13. The Morgan fingerprint density at radius 2 is 2.17 bits per heavy atom. The maximum atomic E-state index is 13.1. The third kappa shape index (κ3) is 2.18. The lowest BCUT2D eigenvalue weighted by molar-refractivity contribution is 0.0670. The van der Waals surface area contributed by atoms with Crippen molar-refractivity contribution in [2.75, 3.05) is 0 Å². The third-order valence-electron chi connectivity index (χ3n) is 2.95. The molecule has 2 heterocycles. The Labute approximate surface area is 116 Å². The summed E-state index contributed by atoms with van der Waals surface area (Å²) in [6, 6.07) is 8.18. The first-order valence-corrected chi connectivity index (χ1v) is 7.14. The van der Waals surface area contributed by atoms with Crippen molar-refractivity contribution in [2.24, 2.45) is 0 Å². The number of ether oxygens (including phenoxy) is 1. The van der Waals surface area contributed by atoms with Crippen molar-refractivity contribution >= 4 is 27.3 Å². The summed E-state index contributed by atoms with van der Waals surface area (Å²) in [5.74, 6) is 0.207. The van der Waals surface area contributed by atoms with Crippen molar-refractivity contribution < 1.29 is 14.2 Å². The highest BCUT2D eigenvalue weighted by molar-refractivity contribution is 9.11. The zero-order chi connectivity index (χ0) is 12.7. The van der Waals surface area contributed by atoms with E-state index in [1.165, 1.54) is 12.1 Å². The quantitative estimate of drug-likeness (QED) is 0.849. The smallest absolute Gasteiger partial charge is 0.136 e. The van der Waals surface area contributed by atoms with E-state index in [9.17, 15) is 9.50 Å². The predicted octanol–water partition coefficient (Wildman–Crippen LogP) is 4.21. The number of aliphatic hydroxyl groups excluding tert-OH is 1. The molecule has 2 nitrogen and oxygen atoms in total. The Balaban J connectivity index is 1.94. The fraction of sp³-hybridized carbons (Fsp3) is 0.231. The van der Waals surface area contributed by atoms with E-state index in [4.69, 9.17) is 4.74 Å². The van der Waals surface area contributed by atoms with Gasteiger partial charge in [0, 0.05) is 16.9 Å². The molecule has 3 rings (SSSR count). The number of rotatable bonds is 1. The molecule has 0 saturated heterocycles. The van der Waals surface area contributed by atoms with Gasteiger partial charge in [-0.3, -0.25) is 0 Å².